The van der Waals surface area contributed by atoms with Gasteiger partial charge in [0, 0.05) is 31.9 Å². The second kappa shape index (κ2) is 12.7. The van der Waals surface area contributed by atoms with Crippen molar-refractivity contribution in [1.29, 1.82) is 0 Å². The zero-order chi connectivity index (χ0) is 30.9. The molecule has 4 N–H and O–H groups in total. The molecule has 6 heteroatoms. The number of aryl methyl sites for hydroxylation is 3. The van der Waals surface area contributed by atoms with Gasteiger partial charge in [0.25, 0.3) is 0 Å². The highest BCUT2D eigenvalue weighted by Gasteiger charge is 2.26. The van der Waals surface area contributed by atoms with Gasteiger partial charge in [-0.2, -0.15) is 0 Å². The summed E-state index contributed by atoms with van der Waals surface area (Å²) in [7, 11) is -1.46. The number of halogens is 1. The maximum absolute atomic E-state index is 11.3. The van der Waals surface area contributed by atoms with Crippen molar-refractivity contribution in [3.63, 3.8) is 0 Å². The van der Waals surface area contributed by atoms with Crippen molar-refractivity contribution in [3.8, 4) is 11.5 Å². The molecule has 2 aromatic heterocycles. The van der Waals surface area contributed by atoms with E-state index in [2.05, 4.69) is 109 Å². The summed E-state index contributed by atoms with van der Waals surface area (Å²) in [6.45, 7) is 13.1. The smallest absolute Gasteiger partial charge is 0.129 e. The number of aliphatic hydroxyl groups excluding tert-OH is 2. The predicted molar refractivity (Wildman–Crippen MR) is 187 cm³/mol. The van der Waals surface area contributed by atoms with Crippen LogP contribution in [0.5, 0.6) is 0 Å². The SMILES string of the molecule is Cc1cc(C)c(C(c2ccc(C(O)c3ccc(I)cc3)[nH]2)c2ccc(C(O)c3ccc(C#C[Si](C)(C)C)cc3)[nH]2)c(C)c1. The number of benzene rings is 3. The van der Waals surface area contributed by atoms with E-state index in [9.17, 15) is 10.2 Å². The van der Waals surface area contributed by atoms with Gasteiger partial charge in [-0.05, 0) is 120 Å². The molecule has 4 nitrogen and oxygen atoms in total. The highest BCUT2D eigenvalue weighted by molar-refractivity contribution is 14.1. The second-order valence-electron chi connectivity index (χ2n) is 12.5. The fourth-order valence-electron chi connectivity index (χ4n) is 5.65. The molecule has 2 heterocycles. The minimum absolute atomic E-state index is 0.140. The molecule has 0 radical (unpaired) electrons. The lowest BCUT2D eigenvalue weighted by molar-refractivity contribution is 0.216. The maximum Gasteiger partial charge on any atom is 0.129 e. The Morgan fingerprint density at radius 3 is 1.56 bits per heavy atom. The Balaban J connectivity index is 1.50. The molecule has 0 fully saturated rings. The van der Waals surface area contributed by atoms with Crippen molar-refractivity contribution in [2.45, 2.75) is 58.5 Å². The first-order valence-corrected chi connectivity index (χ1v) is 19.2. The summed E-state index contributed by atoms with van der Waals surface area (Å²) in [5, 5.41) is 22.5. The van der Waals surface area contributed by atoms with E-state index in [1.807, 2.05) is 60.7 Å². The van der Waals surface area contributed by atoms with Crippen molar-refractivity contribution in [1.82, 2.24) is 9.97 Å². The minimum atomic E-state index is -1.46. The zero-order valence-corrected chi connectivity index (χ0v) is 28.7. The van der Waals surface area contributed by atoms with Gasteiger partial charge in [-0.25, -0.2) is 0 Å². The van der Waals surface area contributed by atoms with Crippen molar-refractivity contribution < 1.29 is 10.2 Å². The van der Waals surface area contributed by atoms with E-state index < -0.39 is 20.3 Å². The van der Waals surface area contributed by atoms with Crippen LogP contribution in [0, 0.1) is 35.8 Å². The van der Waals surface area contributed by atoms with Crippen LogP contribution in [0.1, 0.15) is 79.8 Å². The van der Waals surface area contributed by atoms with Crippen molar-refractivity contribution in [2.75, 3.05) is 0 Å². The minimum Gasteiger partial charge on any atom is -0.382 e. The number of hydrogen-bond acceptors (Lipinski definition) is 2. The molecule has 0 bridgehead atoms. The van der Waals surface area contributed by atoms with Gasteiger partial charge in [-0.3, -0.25) is 0 Å². The molecule has 3 atom stereocenters. The Bertz CT molecular complexity index is 1760. The summed E-state index contributed by atoms with van der Waals surface area (Å²) in [4.78, 5) is 7.10. The van der Waals surface area contributed by atoms with Crippen LogP contribution in [0.15, 0.2) is 84.9 Å². The molecule has 5 rings (SSSR count). The normalized spacial score (nSPS) is 13.7. The second-order valence-corrected chi connectivity index (χ2v) is 18.5. The number of H-pyrrole nitrogens is 2. The van der Waals surface area contributed by atoms with Crippen molar-refractivity contribution in [2.24, 2.45) is 0 Å². The molecule has 3 unspecified atom stereocenters. The highest BCUT2D eigenvalue weighted by atomic mass is 127. The molecule has 0 saturated heterocycles. The first-order chi connectivity index (χ1) is 20.4. The Kier molecular flexibility index (Phi) is 9.19. The van der Waals surface area contributed by atoms with E-state index in [1.54, 1.807) is 0 Å². The summed E-state index contributed by atoms with van der Waals surface area (Å²) < 4.78 is 1.13. The number of nitrogens with one attached hydrogen (secondary N) is 2. The molecule has 0 aliphatic carbocycles. The van der Waals surface area contributed by atoms with Gasteiger partial charge in [0.1, 0.15) is 20.3 Å². The fraction of sp³-hybridized carbons (Fsp3) is 0.243. The average molecular weight is 699 g/mol. The molecule has 0 spiro atoms. The van der Waals surface area contributed by atoms with E-state index in [0.29, 0.717) is 0 Å². The van der Waals surface area contributed by atoms with E-state index in [4.69, 9.17) is 0 Å². The molecule has 220 valence electrons. The van der Waals surface area contributed by atoms with E-state index >= 15 is 0 Å². The lowest BCUT2D eigenvalue weighted by Gasteiger charge is -2.22. The molecule has 0 saturated carbocycles. The third kappa shape index (κ3) is 7.24. The van der Waals surface area contributed by atoms with Crippen LogP contribution >= 0.6 is 22.6 Å². The van der Waals surface area contributed by atoms with Gasteiger partial charge < -0.3 is 20.2 Å². The predicted octanol–water partition coefficient (Wildman–Crippen LogP) is 8.45. The number of aliphatic hydroxyl groups is 2. The lowest BCUT2D eigenvalue weighted by atomic mass is 9.85. The molecular weight excluding hydrogens is 659 g/mol. The van der Waals surface area contributed by atoms with Gasteiger partial charge in [-0.15, -0.1) is 5.54 Å². The van der Waals surface area contributed by atoms with Gasteiger partial charge in [-0.1, -0.05) is 67.5 Å². The van der Waals surface area contributed by atoms with Crippen LogP contribution < -0.4 is 0 Å². The van der Waals surface area contributed by atoms with Gasteiger partial charge >= 0.3 is 0 Å². The first kappa shape index (κ1) is 31.1. The van der Waals surface area contributed by atoms with Gasteiger partial charge in [0.2, 0.25) is 0 Å². The average Bonchev–Trinajstić information content (AvgIpc) is 3.64. The van der Waals surface area contributed by atoms with Crippen molar-refractivity contribution >= 4 is 30.7 Å². The summed E-state index contributed by atoms with van der Waals surface area (Å²) >= 11 is 2.27. The summed E-state index contributed by atoms with van der Waals surface area (Å²) in [6.07, 6.45) is -1.55. The van der Waals surface area contributed by atoms with E-state index in [0.717, 1.165) is 43.0 Å². The van der Waals surface area contributed by atoms with Crippen molar-refractivity contribution in [3.05, 3.63) is 150 Å². The Morgan fingerprint density at radius 2 is 1.09 bits per heavy atom. The zero-order valence-electron chi connectivity index (χ0n) is 25.6. The molecule has 0 amide bonds. The van der Waals surface area contributed by atoms with Gasteiger partial charge in [0.15, 0.2) is 0 Å². The van der Waals surface area contributed by atoms with Crippen LogP contribution in [0.2, 0.25) is 19.6 Å². The summed E-state index contributed by atoms with van der Waals surface area (Å²) in [6, 6.07) is 28.3. The molecular formula is C37H39IN2O2Si. The quantitative estimate of drug-likeness (QED) is 0.0783. The van der Waals surface area contributed by atoms with E-state index in [-0.39, 0.29) is 5.92 Å². The van der Waals surface area contributed by atoms with E-state index in [1.165, 1.54) is 22.3 Å². The topological polar surface area (TPSA) is 72.0 Å². The third-order valence-electron chi connectivity index (χ3n) is 7.69. The number of aromatic nitrogens is 2. The summed E-state index contributed by atoms with van der Waals surface area (Å²) in [5.74, 6) is 3.14. The number of aromatic amines is 2. The maximum atomic E-state index is 11.3. The monoisotopic (exact) mass is 698 g/mol. The largest absolute Gasteiger partial charge is 0.382 e. The molecule has 5 aromatic rings. The lowest BCUT2D eigenvalue weighted by Crippen LogP contribution is -2.16. The van der Waals surface area contributed by atoms with Crippen LogP contribution in [-0.2, 0) is 0 Å². The number of rotatable bonds is 7. The van der Waals surface area contributed by atoms with Crippen LogP contribution in [0.4, 0.5) is 0 Å². The Hall–Kier alpha value is -3.35. The Labute approximate surface area is 269 Å². The highest BCUT2D eigenvalue weighted by Crippen LogP contribution is 2.37. The van der Waals surface area contributed by atoms with Crippen LogP contribution in [0.3, 0.4) is 0 Å². The standard InChI is InChI=1S/C37H39IN2O2Si/c1-23-21-24(2)34(25(3)22-23)35(31-16-18-33(40-31)37(42)28-11-13-29(38)14-12-28)30-15-17-32(39-30)36(41)27-9-7-26(8-10-27)19-20-43(4,5)6/h7-18,21-22,35-37,39-42H,1-6H3. The first-order valence-electron chi connectivity index (χ1n) is 14.6. The molecule has 3 aromatic carbocycles. The van der Waals surface area contributed by atoms with Crippen LogP contribution in [-0.4, -0.2) is 28.3 Å². The fourth-order valence-corrected chi connectivity index (χ4v) is 6.53. The number of hydrogen-bond donors (Lipinski definition) is 4. The van der Waals surface area contributed by atoms with Crippen LogP contribution in [0.25, 0.3) is 0 Å². The molecule has 0 aliphatic heterocycles. The third-order valence-corrected chi connectivity index (χ3v) is 9.29. The molecule has 43 heavy (non-hydrogen) atoms. The van der Waals surface area contributed by atoms with Gasteiger partial charge in [0.05, 0.1) is 5.92 Å². The molecule has 0 aliphatic rings. The summed E-state index contributed by atoms with van der Waals surface area (Å²) in [5.41, 5.74) is 14.3. The Morgan fingerprint density at radius 1 is 0.651 bits per heavy atom.